The maximum absolute atomic E-state index is 13.1. The van der Waals surface area contributed by atoms with Gasteiger partial charge in [0.15, 0.2) is 6.61 Å². The summed E-state index contributed by atoms with van der Waals surface area (Å²) in [5.41, 5.74) is 1.95. The lowest BCUT2D eigenvalue weighted by Gasteiger charge is -2.19. The Labute approximate surface area is 311 Å². The molecule has 0 unspecified atom stereocenters. The van der Waals surface area contributed by atoms with Crippen LogP contribution in [-0.2, 0) is 24.7 Å². The molecular weight excluding hydrogens is 733 g/mol. The van der Waals surface area contributed by atoms with Gasteiger partial charge in [-0.25, -0.2) is 4.79 Å². The van der Waals surface area contributed by atoms with Gasteiger partial charge in [0, 0.05) is 28.5 Å². The van der Waals surface area contributed by atoms with Gasteiger partial charge in [-0.15, -0.1) is 0 Å². The van der Waals surface area contributed by atoms with Crippen LogP contribution in [0.25, 0.3) is 6.08 Å². The van der Waals surface area contributed by atoms with Crippen molar-refractivity contribution in [2.45, 2.75) is 37.0 Å². The zero-order valence-corrected chi connectivity index (χ0v) is 29.4. The minimum Gasteiger partial charge on any atom is -0.467 e. The highest BCUT2D eigenvalue weighted by Crippen LogP contribution is 2.48. The lowest BCUT2D eigenvalue weighted by Crippen LogP contribution is -2.44. The average Bonchev–Trinajstić information content (AvgIpc) is 3.93. The lowest BCUT2D eigenvalue weighted by molar-refractivity contribution is -0.154. The predicted molar refractivity (Wildman–Crippen MR) is 193 cm³/mol. The largest absolute Gasteiger partial charge is 0.467 e. The molecule has 1 heterocycles. The SMILES string of the molecule is C=Cc1cccc(NC(=O)C(=O)NCC[C@@H](NC(=O)c2ccc(Nc3nc(NC4(c5ccc(Cl)cc5)CC4)nc(OCC(F)(F)F)n3)cc2)C(=O)OC)c1. The first-order chi connectivity index (χ1) is 25.8. The molecule has 1 aliphatic rings. The second-order valence-corrected chi connectivity index (χ2v) is 12.4. The van der Waals surface area contributed by atoms with Crippen LogP contribution < -0.4 is 31.3 Å². The van der Waals surface area contributed by atoms with Crippen LogP contribution in [0, 0.1) is 0 Å². The number of anilines is 4. The number of hydrogen-bond donors (Lipinski definition) is 5. The van der Waals surface area contributed by atoms with Crippen molar-refractivity contribution in [2.24, 2.45) is 0 Å². The van der Waals surface area contributed by atoms with Crippen LogP contribution in [0.15, 0.2) is 79.4 Å². The maximum atomic E-state index is 13.1. The van der Waals surface area contributed by atoms with E-state index in [-0.39, 0.29) is 30.4 Å². The highest BCUT2D eigenvalue weighted by Gasteiger charge is 2.45. The molecule has 1 atom stereocenters. The van der Waals surface area contributed by atoms with E-state index in [0.717, 1.165) is 18.2 Å². The van der Waals surface area contributed by atoms with Gasteiger partial charge >= 0.3 is 30.0 Å². The fraction of sp³-hybridized carbons (Fsp3) is 0.250. The molecule has 1 aromatic heterocycles. The number of halogens is 4. The molecule has 0 saturated heterocycles. The fourth-order valence-corrected chi connectivity index (χ4v) is 5.21. The average molecular weight is 767 g/mol. The fourth-order valence-electron chi connectivity index (χ4n) is 5.08. The number of carbonyl (C=O) groups excluding carboxylic acids is 4. The number of nitrogens with zero attached hydrogens (tertiary/aromatic N) is 3. The molecule has 4 aromatic rings. The van der Waals surface area contributed by atoms with E-state index in [9.17, 15) is 32.3 Å². The number of benzene rings is 3. The molecule has 5 rings (SSSR count). The second kappa shape index (κ2) is 17.1. The van der Waals surface area contributed by atoms with E-state index in [1.165, 1.54) is 24.3 Å². The zero-order chi connectivity index (χ0) is 38.9. The molecule has 0 bridgehead atoms. The first-order valence-corrected chi connectivity index (χ1v) is 16.7. The summed E-state index contributed by atoms with van der Waals surface area (Å²) in [6, 6.07) is 17.9. The van der Waals surface area contributed by atoms with Crippen LogP contribution in [-0.4, -0.2) is 71.1 Å². The van der Waals surface area contributed by atoms with Crippen molar-refractivity contribution in [1.82, 2.24) is 25.6 Å². The van der Waals surface area contributed by atoms with Crippen LogP contribution in [0.2, 0.25) is 5.02 Å². The number of aromatic nitrogens is 3. The van der Waals surface area contributed by atoms with E-state index in [4.69, 9.17) is 21.1 Å². The van der Waals surface area contributed by atoms with Gasteiger partial charge < -0.3 is 36.1 Å². The van der Waals surface area contributed by atoms with E-state index < -0.39 is 54.1 Å². The third kappa shape index (κ3) is 10.9. The van der Waals surface area contributed by atoms with Crippen molar-refractivity contribution < 1.29 is 41.8 Å². The summed E-state index contributed by atoms with van der Waals surface area (Å²) in [6.07, 6.45) is -1.74. The number of rotatable bonds is 15. The van der Waals surface area contributed by atoms with Crippen molar-refractivity contribution in [3.63, 3.8) is 0 Å². The van der Waals surface area contributed by atoms with Gasteiger partial charge in [-0.1, -0.05) is 48.5 Å². The molecule has 1 saturated carbocycles. The van der Waals surface area contributed by atoms with Crippen molar-refractivity contribution in [1.29, 1.82) is 0 Å². The Balaban J connectivity index is 1.20. The number of esters is 1. The van der Waals surface area contributed by atoms with Crippen LogP contribution in [0.1, 0.15) is 40.7 Å². The van der Waals surface area contributed by atoms with Gasteiger partial charge in [-0.05, 0) is 78.9 Å². The number of nitrogens with one attached hydrogen (secondary N) is 5. The Bertz CT molecular complexity index is 2010. The summed E-state index contributed by atoms with van der Waals surface area (Å²) < 4.78 is 48.5. The first-order valence-electron chi connectivity index (χ1n) is 16.3. The van der Waals surface area contributed by atoms with Crippen molar-refractivity contribution >= 4 is 64.6 Å². The molecule has 54 heavy (non-hydrogen) atoms. The Kier molecular flexibility index (Phi) is 12.3. The van der Waals surface area contributed by atoms with Crippen LogP contribution in [0.3, 0.4) is 0 Å². The predicted octanol–water partition coefficient (Wildman–Crippen LogP) is 5.37. The number of methoxy groups -OCH3 is 1. The Hall–Kier alpha value is -6.23. The Morgan fingerprint density at radius 3 is 2.30 bits per heavy atom. The van der Waals surface area contributed by atoms with Gasteiger partial charge in [0.05, 0.1) is 12.6 Å². The molecule has 1 aliphatic carbocycles. The molecule has 0 radical (unpaired) electrons. The summed E-state index contributed by atoms with van der Waals surface area (Å²) in [4.78, 5) is 62.5. The number of carbonyl (C=O) groups is 4. The second-order valence-electron chi connectivity index (χ2n) is 12.0. The van der Waals surface area contributed by atoms with Gasteiger partial charge in [0.25, 0.3) is 5.91 Å². The van der Waals surface area contributed by atoms with E-state index in [2.05, 4.69) is 48.1 Å². The third-order valence-corrected chi connectivity index (χ3v) is 8.23. The minimum atomic E-state index is -4.64. The number of amides is 3. The summed E-state index contributed by atoms with van der Waals surface area (Å²) in [5, 5.41) is 14.0. The molecule has 18 heteroatoms. The van der Waals surface area contributed by atoms with E-state index in [1.807, 2.05) is 12.1 Å². The number of alkyl halides is 3. The molecule has 3 amide bonds. The normalized spacial score (nSPS) is 13.4. The van der Waals surface area contributed by atoms with E-state index in [1.54, 1.807) is 42.5 Å². The monoisotopic (exact) mass is 766 g/mol. The van der Waals surface area contributed by atoms with E-state index in [0.29, 0.717) is 29.2 Å². The summed E-state index contributed by atoms with van der Waals surface area (Å²) in [7, 11) is 1.13. The highest BCUT2D eigenvalue weighted by atomic mass is 35.5. The lowest BCUT2D eigenvalue weighted by atomic mass is 10.1. The zero-order valence-electron chi connectivity index (χ0n) is 28.6. The molecular formula is C36H34ClF3N8O6. The Morgan fingerprint density at radius 2 is 1.65 bits per heavy atom. The summed E-state index contributed by atoms with van der Waals surface area (Å²) >= 11 is 6.03. The van der Waals surface area contributed by atoms with Crippen LogP contribution in [0.4, 0.5) is 36.4 Å². The first kappa shape index (κ1) is 39.0. The standard InChI is InChI=1S/C36H34ClF3N8O6/c1-3-21-5-4-6-26(19-21)42-30(51)29(50)41-18-15-27(31(52)53-2)44-28(49)22-7-13-25(14-8-22)43-32-45-33(47-34(46-32)54-20-36(38,39)40)48-35(16-17-35)23-9-11-24(37)12-10-23/h3-14,19,27H,1,15-18,20H2,2H3,(H,41,50)(H,42,51)(H,44,49)(H2,43,45,46,47,48)/t27-/m1/s1. The van der Waals surface area contributed by atoms with Crippen LogP contribution in [0.5, 0.6) is 6.01 Å². The smallest absolute Gasteiger partial charge is 0.422 e. The van der Waals surface area contributed by atoms with E-state index >= 15 is 0 Å². The molecule has 282 valence electrons. The van der Waals surface area contributed by atoms with Gasteiger partial charge in [-0.3, -0.25) is 14.4 Å². The minimum absolute atomic E-state index is 0.0305. The quantitative estimate of drug-likeness (QED) is 0.0774. The highest BCUT2D eigenvalue weighted by molar-refractivity contribution is 6.39. The molecule has 3 aromatic carbocycles. The molecule has 0 aliphatic heterocycles. The number of hydrogen-bond acceptors (Lipinski definition) is 11. The topological polar surface area (TPSA) is 186 Å². The molecule has 1 fully saturated rings. The van der Waals surface area contributed by atoms with Gasteiger partial charge in [-0.2, -0.15) is 28.1 Å². The van der Waals surface area contributed by atoms with Crippen molar-refractivity contribution in [3.05, 3.63) is 101 Å². The molecule has 5 N–H and O–H groups in total. The van der Waals surface area contributed by atoms with Crippen molar-refractivity contribution in [3.8, 4) is 6.01 Å². The van der Waals surface area contributed by atoms with Crippen LogP contribution >= 0.6 is 11.6 Å². The van der Waals surface area contributed by atoms with Gasteiger partial charge in [0.2, 0.25) is 11.9 Å². The number of ether oxygens (including phenoxy) is 2. The van der Waals surface area contributed by atoms with Gasteiger partial charge in [0.1, 0.15) is 6.04 Å². The summed E-state index contributed by atoms with van der Waals surface area (Å²) in [6.45, 7) is 1.88. The third-order valence-electron chi connectivity index (χ3n) is 7.98. The Morgan fingerprint density at radius 1 is 0.944 bits per heavy atom. The summed E-state index contributed by atoms with van der Waals surface area (Å²) in [5.74, 6) is -3.49. The molecule has 14 nitrogen and oxygen atoms in total. The molecule has 0 spiro atoms. The maximum Gasteiger partial charge on any atom is 0.422 e. The van der Waals surface area contributed by atoms with Crippen molar-refractivity contribution in [2.75, 3.05) is 36.2 Å².